The number of carbonyl (C=O) groups excluding carboxylic acids is 1. The van der Waals surface area contributed by atoms with Crippen LogP contribution in [0, 0.1) is 12.7 Å². The van der Waals surface area contributed by atoms with Gasteiger partial charge in [0, 0.05) is 12.1 Å². The van der Waals surface area contributed by atoms with E-state index in [1.54, 1.807) is 25.1 Å². The molecule has 0 fully saturated rings. The number of nitrogens with one attached hydrogen (secondary N) is 1. The van der Waals surface area contributed by atoms with Crippen LogP contribution in [-0.4, -0.2) is 15.5 Å². The Morgan fingerprint density at radius 3 is 2.88 bits per heavy atom. The van der Waals surface area contributed by atoms with Gasteiger partial charge in [-0.1, -0.05) is 22.7 Å². The van der Waals surface area contributed by atoms with Crippen molar-refractivity contribution in [3.05, 3.63) is 46.2 Å². The van der Waals surface area contributed by atoms with E-state index in [2.05, 4.69) is 14.9 Å². The average molecular weight is 251 g/mol. The summed E-state index contributed by atoms with van der Waals surface area (Å²) in [5, 5.41) is 6.32. The number of rotatable bonds is 3. The van der Waals surface area contributed by atoms with Crippen molar-refractivity contribution in [3.8, 4) is 0 Å². The molecule has 88 valence electrons. The molecule has 0 unspecified atom stereocenters. The van der Waals surface area contributed by atoms with Crippen LogP contribution in [0.2, 0.25) is 0 Å². The van der Waals surface area contributed by atoms with Crippen LogP contribution in [0.4, 0.5) is 4.39 Å². The van der Waals surface area contributed by atoms with Crippen molar-refractivity contribution in [2.75, 3.05) is 0 Å². The van der Waals surface area contributed by atoms with E-state index < -0.39 is 0 Å². The maximum Gasteiger partial charge on any atom is 0.273 e. The topological polar surface area (TPSA) is 54.9 Å². The van der Waals surface area contributed by atoms with Crippen LogP contribution in [0.25, 0.3) is 0 Å². The second-order valence-corrected chi connectivity index (χ2v) is 4.41. The molecule has 0 bridgehead atoms. The molecule has 4 nitrogen and oxygen atoms in total. The van der Waals surface area contributed by atoms with Crippen LogP contribution in [0.1, 0.15) is 20.9 Å². The van der Waals surface area contributed by atoms with Crippen molar-refractivity contribution < 1.29 is 9.18 Å². The molecule has 0 spiro atoms. The molecular weight excluding hydrogens is 241 g/mol. The minimum atomic E-state index is -0.334. The Bertz CT molecular complexity index is 541. The molecule has 0 aliphatic carbocycles. The molecule has 1 aromatic heterocycles. The molecule has 0 aliphatic heterocycles. The number of benzene rings is 1. The second kappa shape index (κ2) is 5.01. The monoisotopic (exact) mass is 251 g/mol. The first-order valence-electron chi connectivity index (χ1n) is 4.99. The molecule has 0 saturated heterocycles. The first-order chi connectivity index (χ1) is 8.18. The van der Waals surface area contributed by atoms with Crippen molar-refractivity contribution in [2.45, 2.75) is 13.5 Å². The summed E-state index contributed by atoms with van der Waals surface area (Å²) in [6, 6.07) is 6.31. The molecule has 1 heterocycles. The molecule has 0 radical (unpaired) electrons. The van der Waals surface area contributed by atoms with Crippen molar-refractivity contribution in [3.63, 3.8) is 0 Å². The van der Waals surface area contributed by atoms with E-state index in [4.69, 9.17) is 0 Å². The van der Waals surface area contributed by atoms with E-state index >= 15 is 0 Å². The Hall–Kier alpha value is -1.82. The van der Waals surface area contributed by atoms with Gasteiger partial charge in [0.25, 0.3) is 5.91 Å². The molecule has 6 heteroatoms. The Balaban J connectivity index is 2.02. The van der Waals surface area contributed by atoms with E-state index in [-0.39, 0.29) is 18.3 Å². The average Bonchev–Trinajstić information content (AvgIpc) is 2.74. The lowest BCUT2D eigenvalue weighted by molar-refractivity contribution is 0.0945. The standard InChI is InChI=1S/C11H10FN3OS/c1-7-10(14-15-17-7)11(16)13-6-8-4-2-3-5-9(8)12/h2-5H,6H2,1H3,(H,13,16). The zero-order valence-corrected chi connectivity index (χ0v) is 9.92. The van der Waals surface area contributed by atoms with Gasteiger partial charge in [0.1, 0.15) is 5.82 Å². The molecule has 0 atom stereocenters. The molecule has 0 saturated carbocycles. The van der Waals surface area contributed by atoms with Gasteiger partial charge >= 0.3 is 0 Å². The normalized spacial score (nSPS) is 10.2. The third-order valence-electron chi connectivity index (χ3n) is 2.26. The van der Waals surface area contributed by atoms with Gasteiger partial charge in [0.2, 0.25) is 0 Å². The van der Waals surface area contributed by atoms with E-state index in [9.17, 15) is 9.18 Å². The quantitative estimate of drug-likeness (QED) is 0.906. The fourth-order valence-electron chi connectivity index (χ4n) is 1.34. The molecule has 1 amide bonds. The molecule has 2 aromatic rings. The number of hydrogen-bond acceptors (Lipinski definition) is 4. The van der Waals surface area contributed by atoms with Crippen LogP contribution >= 0.6 is 11.5 Å². The first-order valence-corrected chi connectivity index (χ1v) is 5.76. The highest BCUT2D eigenvalue weighted by molar-refractivity contribution is 7.05. The maximum atomic E-state index is 13.3. The largest absolute Gasteiger partial charge is 0.346 e. The van der Waals surface area contributed by atoms with E-state index in [0.29, 0.717) is 11.3 Å². The third-order valence-corrected chi connectivity index (χ3v) is 2.89. The Kier molecular flexibility index (Phi) is 3.43. The summed E-state index contributed by atoms with van der Waals surface area (Å²) in [7, 11) is 0. The Labute approximate surface area is 102 Å². The minimum Gasteiger partial charge on any atom is -0.346 e. The van der Waals surface area contributed by atoms with Gasteiger partial charge in [-0.25, -0.2) is 4.39 Å². The number of aromatic nitrogens is 2. The van der Waals surface area contributed by atoms with E-state index in [0.717, 1.165) is 16.4 Å². The Morgan fingerprint density at radius 2 is 2.24 bits per heavy atom. The molecule has 1 aromatic carbocycles. The second-order valence-electron chi connectivity index (χ2n) is 3.45. The summed E-state index contributed by atoms with van der Waals surface area (Å²) in [5.41, 5.74) is 0.744. The fraction of sp³-hybridized carbons (Fsp3) is 0.182. The van der Waals surface area contributed by atoms with E-state index in [1.807, 2.05) is 0 Å². The van der Waals surface area contributed by atoms with Crippen molar-refractivity contribution in [1.29, 1.82) is 0 Å². The number of nitrogens with zero attached hydrogens (tertiary/aromatic N) is 2. The predicted octanol–water partition coefficient (Wildman–Crippen LogP) is 1.92. The van der Waals surface area contributed by atoms with Crippen LogP contribution in [0.3, 0.4) is 0 Å². The summed E-state index contributed by atoms with van der Waals surface area (Å²) in [6.45, 7) is 1.91. The van der Waals surface area contributed by atoms with Gasteiger partial charge in [-0.05, 0) is 24.5 Å². The third kappa shape index (κ3) is 2.65. The molecule has 0 aliphatic rings. The summed E-state index contributed by atoms with van der Waals surface area (Å²) in [6.07, 6.45) is 0. The maximum absolute atomic E-state index is 13.3. The minimum absolute atomic E-state index is 0.141. The lowest BCUT2D eigenvalue weighted by Gasteiger charge is -2.04. The van der Waals surface area contributed by atoms with Gasteiger partial charge in [-0.3, -0.25) is 4.79 Å². The van der Waals surface area contributed by atoms with Crippen molar-refractivity contribution in [1.82, 2.24) is 14.9 Å². The molecule has 1 N–H and O–H groups in total. The van der Waals surface area contributed by atoms with E-state index in [1.165, 1.54) is 6.07 Å². The zero-order valence-electron chi connectivity index (χ0n) is 9.11. The molecule has 2 rings (SSSR count). The van der Waals surface area contributed by atoms with Crippen LogP contribution in [0.5, 0.6) is 0 Å². The van der Waals surface area contributed by atoms with Gasteiger partial charge < -0.3 is 5.32 Å². The number of aryl methyl sites for hydroxylation is 1. The number of carbonyl (C=O) groups is 1. The number of hydrogen-bond donors (Lipinski definition) is 1. The van der Waals surface area contributed by atoms with Gasteiger partial charge in [0.05, 0.1) is 4.88 Å². The highest BCUT2D eigenvalue weighted by atomic mass is 32.1. The summed E-state index contributed by atoms with van der Waals surface area (Å²) >= 11 is 1.16. The van der Waals surface area contributed by atoms with Gasteiger partial charge in [-0.15, -0.1) is 5.10 Å². The SMILES string of the molecule is Cc1snnc1C(=O)NCc1ccccc1F. The number of amides is 1. The van der Waals surface area contributed by atoms with Gasteiger partial charge in [-0.2, -0.15) is 0 Å². The van der Waals surface area contributed by atoms with Crippen molar-refractivity contribution >= 4 is 17.4 Å². The first kappa shape index (κ1) is 11.7. The van der Waals surface area contributed by atoms with Crippen LogP contribution in [0.15, 0.2) is 24.3 Å². The fourth-order valence-corrected chi connectivity index (χ4v) is 1.81. The smallest absolute Gasteiger partial charge is 0.273 e. The Morgan fingerprint density at radius 1 is 1.47 bits per heavy atom. The van der Waals surface area contributed by atoms with Crippen LogP contribution < -0.4 is 5.32 Å². The lowest BCUT2D eigenvalue weighted by Crippen LogP contribution is -2.24. The summed E-state index contributed by atoms with van der Waals surface area (Å²) in [5.74, 6) is -0.666. The van der Waals surface area contributed by atoms with Crippen LogP contribution in [-0.2, 0) is 6.54 Å². The van der Waals surface area contributed by atoms with Gasteiger partial charge in [0.15, 0.2) is 5.69 Å². The zero-order chi connectivity index (χ0) is 12.3. The van der Waals surface area contributed by atoms with Crippen molar-refractivity contribution in [2.24, 2.45) is 0 Å². The summed E-state index contributed by atoms with van der Waals surface area (Å²) < 4.78 is 17.0. The highest BCUT2D eigenvalue weighted by Crippen LogP contribution is 2.09. The lowest BCUT2D eigenvalue weighted by atomic mass is 10.2. The highest BCUT2D eigenvalue weighted by Gasteiger charge is 2.13. The predicted molar refractivity (Wildman–Crippen MR) is 62.2 cm³/mol. The molecule has 17 heavy (non-hydrogen) atoms. The summed E-state index contributed by atoms with van der Waals surface area (Å²) in [4.78, 5) is 12.4. The molecular formula is C11H10FN3OS. The number of halogens is 1.